The molecule has 0 aliphatic carbocycles. The van der Waals surface area contributed by atoms with Crippen LogP contribution in [0.25, 0.3) is 0 Å². The highest BCUT2D eigenvalue weighted by Gasteiger charge is 2.48. The molecule has 0 radical (unpaired) electrons. The molecule has 0 rings (SSSR count). The minimum absolute atomic E-state index is 0.142. The normalized spacial score (nSPS) is 13.8. The topological polar surface area (TPSA) is 65.7 Å². The van der Waals surface area contributed by atoms with Gasteiger partial charge in [0.25, 0.3) is 0 Å². The van der Waals surface area contributed by atoms with Crippen molar-refractivity contribution in [3.63, 3.8) is 0 Å². The van der Waals surface area contributed by atoms with Crippen molar-refractivity contribution in [3.8, 4) is 0 Å². The first kappa shape index (κ1) is 18.0. The van der Waals surface area contributed by atoms with Gasteiger partial charge in [-0.05, 0) is 46.7 Å². The lowest BCUT2D eigenvalue weighted by atomic mass is 10.4. The Hall–Kier alpha value is 0.0169. The molecule has 0 amide bonds. The third-order valence-electron chi connectivity index (χ3n) is 2.64. The van der Waals surface area contributed by atoms with E-state index in [1.54, 1.807) is 0 Å². The first-order valence-corrected chi connectivity index (χ1v) is 8.86. The molecule has 6 heteroatoms. The molecule has 110 valence electrons. The summed E-state index contributed by atoms with van der Waals surface area (Å²) in [5.74, 6) is 0. The van der Waals surface area contributed by atoms with Crippen LogP contribution >= 0.6 is 0 Å². The summed E-state index contributed by atoms with van der Waals surface area (Å²) in [6.07, 6.45) is 1.88. The van der Waals surface area contributed by atoms with E-state index in [0.717, 1.165) is 19.4 Å². The monoisotopic (exact) mass is 278 g/mol. The predicted molar refractivity (Wildman–Crippen MR) is 76.4 cm³/mol. The molecule has 0 heterocycles. The Bertz CT molecular complexity index is 179. The summed E-state index contributed by atoms with van der Waals surface area (Å²) in [4.78, 5) is 0. The number of nitrogens with two attached hydrogens (primary N) is 1. The van der Waals surface area contributed by atoms with Crippen molar-refractivity contribution in [2.45, 2.75) is 46.2 Å². The number of nitrogens with one attached hydrogen (secondary N) is 1. The average Bonchev–Trinajstić information content (AvgIpc) is 2.35. The molecule has 5 nitrogen and oxygen atoms in total. The highest BCUT2D eigenvalue weighted by Crippen LogP contribution is 2.17. The van der Waals surface area contributed by atoms with Crippen molar-refractivity contribution in [1.82, 2.24) is 5.32 Å². The van der Waals surface area contributed by atoms with Crippen LogP contribution in [-0.4, -0.2) is 47.4 Å². The lowest BCUT2D eigenvalue weighted by molar-refractivity contribution is 0.0573. The van der Waals surface area contributed by atoms with Gasteiger partial charge in [-0.1, -0.05) is 6.92 Å². The minimum Gasteiger partial charge on any atom is -0.373 e. The van der Waals surface area contributed by atoms with Crippen molar-refractivity contribution in [2.75, 3.05) is 32.9 Å². The van der Waals surface area contributed by atoms with E-state index in [1.807, 2.05) is 20.8 Å². The van der Waals surface area contributed by atoms with E-state index in [9.17, 15) is 0 Å². The summed E-state index contributed by atoms with van der Waals surface area (Å²) < 4.78 is 17.7. The zero-order chi connectivity index (χ0) is 13.9. The van der Waals surface area contributed by atoms with Crippen LogP contribution in [0.3, 0.4) is 0 Å². The van der Waals surface area contributed by atoms with Crippen molar-refractivity contribution in [2.24, 2.45) is 5.73 Å². The minimum atomic E-state index is -2.63. The molecule has 0 spiro atoms. The molecule has 0 fully saturated rings. The molecule has 0 saturated heterocycles. The molecule has 0 aliphatic heterocycles. The molecular weight excluding hydrogens is 248 g/mol. The summed E-state index contributed by atoms with van der Waals surface area (Å²) in [5.41, 5.74) is 5.66. The lowest BCUT2D eigenvalue weighted by Gasteiger charge is -2.35. The fraction of sp³-hybridized carbons (Fsp3) is 1.00. The Kier molecular flexibility index (Phi) is 10.9. The second-order valence-corrected chi connectivity index (χ2v) is 6.73. The lowest BCUT2D eigenvalue weighted by Crippen LogP contribution is -2.62. The quantitative estimate of drug-likeness (QED) is 0.416. The van der Waals surface area contributed by atoms with Crippen LogP contribution in [0, 0.1) is 0 Å². The third-order valence-corrected chi connectivity index (χ3v) is 6.18. The van der Waals surface area contributed by atoms with E-state index in [-0.39, 0.29) is 5.67 Å². The molecule has 1 unspecified atom stereocenters. The van der Waals surface area contributed by atoms with Gasteiger partial charge in [0.15, 0.2) is 0 Å². The van der Waals surface area contributed by atoms with Gasteiger partial charge in [0.2, 0.25) is 0 Å². The average molecular weight is 278 g/mol. The standard InChI is InChI=1S/C12H30N2O3Si/c1-5-12(14-11-9-10-13)18(15-6-2,16-7-3)17-8-4/h12,14H,5-11,13H2,1-4H3. The molecule has 0 aromatic carbocycles. The molecule has 0 saturated carbocycles. The van der Waals surface area contributed by atoms with Crippen LogP contribution < -0.4 is 11.1 Å². The van der Waals surface area contributed by atoms with Crippen molar-refractivity contribution in [3.05, 3.63) is 0 Å². The Morgan fingerprint density at radius 1 is 1.00 bits per heavy atom. The van der Waals surface area contributed by atoms with Gasteiger partial charge in [-0.2, -0.15) is 0 Å². The zero-order valence-electron chi connectivity index (χ0n) is 12.3. The van der Waals surface area contributed by atoms with Crippen LogP contribution in [0.4, 0.5) is 0 Å². The first-order chi connectivity index (χ1) is 8.70. The number of rotatable bonds is 12. The van der Waals surface area contributed by atoms with Crippen LogP contribution in [0.2, 0.25) is 0 Å². The number of hydrogen-bond acceptors (Lipinski definition) is 5. The summed E-state index contributed by atoms with van der Waals surface area (Å²) >= 11 is 0. The second-order valence-electron chi connectivity index (χ2n) is 3.96. The molecule has 0 aromatic heterocycles. The highest BCUT2D eigenvalue weighted by molar-refractivity contribution is 6.62. The Balaban J connectivity index is 4.71. The first-order valence-electron chi connectivity index (χ1n) is 7.05. The fourth-order valence-corrected chi connectivity index (χ4v) is 4.88. The molecule has 3 N–H and O–H groups in total. The summed E-state index contributed by atoms with van der Waals surface area (Å²) in [7, 11) is -2.63. The van der Waals surface area contributed by atoms with Crippen molar-refractivity contribution < 1.29 is 13.3 Å². The molecule has 1 atom stereocenters. The molecule has 18 heavy (non-hydrogen) atoms. The van der Waals surface area contributed by atoms with Gasteiger partial charge in [-0.25, -0.2) is 0 Å². The van der Waals surface area contributed by atoms with Gasteiger partial charge >= 0.3 is 8.80 Å². The Morgan fingerprint density at radius 3 is 1.83 bits per heavy atom. The summed E-state index contributed by atoms with van der Waals surface area (Å²) in [5, 5.41) is 3.47. The van der Waals surface area contributed by atoms with E-state index in [4.69, 9.17) is 19.0 Å². The van der Waals surface area contributed by atoms with Gasteiger partial charge in [0.05, 0.1) is 5.67 Å². The Morgan fingerprint density at radius 2 is 1.50 bits per heavy atom. The van der Waals surface area contributed by atoms with Crippen LogP contribution in [0.5, 0.6) is 0 Å². The maximum atomic E-state index is 5.89. The zero-order valence-corrected chi connectivity index (χ0v) is 13.3. The van der Waals surface area contributed by atoms with Crippen molar-refractivity contribution in [1.29, 1.82) is 0 Å². The van der Waals surface area contributed by atoms with E-state index in [1.165, 1.54) is 0 Å². The van der Waals surface area contributed by atoms with Gasteiger partial charge in [0.1, 0.15) is 0 Å². The molecule has 0 aromatic rings. The number of hydrogen-bond donors (Lipinski definition) is 2. The highest BCUT2D eigenvalue weighted by atomic mass is 28.4. The van der Waals surface area contributed by atoms with E-state index in [2.05, 4.69) is 12.2 Å². The van der Waals surface area contributed by atoms with E-state index < -0.39 is 8.80 Å². The van der Waals surface area contributed by atoms with E-state index >= 15 is 0 Å². The summed E-state index contributed by atoms with van der Waals surface area (Å²) in [6.45, 7) is 11.5. The Labute approximate surface area is 113 Å². The van der Waals surface area contributed by atoms with Gasteiger partial charge in [-0.15, -0.1) is 0 Å². The molecule has 0 aliphatic rings. The third kappa shape index (κ3) is 5.77. The maximum Gasteiger partial charge on any atom is 0.518 e. The van der Waals surface area contributed by atoms with E-state index in [0.29, 0.717) is 26.4 Å². The predicted octanol–water partition coefficient (Wildman–Crippen LogP) is 1.29. The van der Waals surface area contributed by atoms with Crippen LogP contribution in [0.15, 0.2) is 0 Å². The SMILES string of the molecule is CCO[Si](OCC)(OCC)C(CC)NCCCN. The van der Waals surface area contributed by atoms with Gasteiger partial charge in [0, 0.05) is 19.8 Å². The smallest absolute Gasteiger partial charge is 0.373 e. The van der Waals surface area contributed by atoms with Crippen LogP contribution in [0.1, 0.15) is 40.5 Å². The largest absolute Gasteiger partial charge is 0.518 e. The maximum absolute atomic E-state index is 5.89. The van der Waals surface area contributed by atoms with Crippen LogP contribution in [-0.2, 0) is 13.3 Å². The van der Waals surface area contributed by atoms with Crippen molar-refractivity contribution >= 4 is 8.80 Å². The fourth-order valence-electron chi connectivity index (χ4n) is 1.93. The van der Waals surface area contributed by atoms with Gasteiger partial charge in [-0.3, -0.25) is 0 Å². The molecular formula is C12H30N2O3Si. The summed E-state index contributed by atoms with van der Waals surface area (Å²) in [6, 6.07) is 0. The van der Waals surface area contributed by atoms with Gasteiger partial charge < -0.3 is 24.3 Å². The molecule has 0 bridgehead atoms. The second kappa shape index (κ2) is 10.9.